The Hall–Kier alpha value is -2.01. The van der Waals surface area contributed by atoms with Gasteiger partial charge < -0.3 is 15.0 Å². The highest BCUT2D eigenvalue weighted by atomic mass is 16.5. The van der Waals surface area contributed by atoms with Crippen molar-refractivity contribution in [1.29, 1.82) is 0 Å². The van der Waals surface area contributed by atoms with Crippen LogP contribution in [0.2, 0.25) is 0 Å². The van der Waals surface area contributed by atoms with E-state index in [0.29, 0.717) is 0 Å². The predicted octanol–water partition coefficient (Wildman–Crippen LogP) is 2.37. The van der Waals surface area contributed by atoms with Crippen molar-refractivity contribution < 1.29 is 4.74 Å². The third kappa shape index (κ3) is 2.49. The van der Waals surface area contributed by atoms with E-state index in [4.69, 9.17) is 4.74 Å². The van der Waals surface area contributed by atoms with E-state index in [1.54, 1.807) is 0 Å². The molecule has 0 saturated carbocycles. The molecule has 21 heavy (non-hydrogen) atoms. The van der Waals surface area contributed by atoms with Gasteiger partial charge in [0.15, 0.2) is 0 Å². The molecule has 5 nitrogen and oxygen atoms in total. The second kappa shape index (κ2) is 5.77. The third-order valence-electron chi connectivity index (χ3n) is 3.86. The summed E-state index contributed by atoms with van der Waals surface area (Å²) >= 11 is 0. The van der Waals surface area contributed by atoms with Gasteiger partial charge in [0.2, 0.25) is 0 Å². The molecule has 0 spiro atoms. The lowest BCUT2D eigenvalue weighted by atomic mass is 10.2. The highest BCUT2D eigenvalue weighted by Gasteiger charge is 2.24. The zero-order valence-corrected chi connectivity index (χ0v) is 12.9. The van der Waals surface area contributed by atoms with Crippen LogP contribution in [0, 0.1) is 6.92 Å². The Morgan fingerprint density at radius 3 is 2.95 bits per heavy atom. The molecule has 1 N–H and O–H groups in total. The molecule has 0 amide bonds. The first-order valence-corrected chi connectivity index (χ1v) is 7.39. The highest BCUT2D eigenvalue weighted by molar-refractivity contribution is 5.70. The standard InChI is InChI=1S/C16H22N4O/c1-12-13(11-17-2)16(19(3)18-12)20-9-6-10-21-15-8-5-4-7-14(15)20/h4-5,7-8,17H,6,9-11H2,1-3H3. The maximum absolute atomic E-state index is 5.86. The molecule has 5 heteroatoms. The van der Waals surface area contributed by atoms with Gasteiger partial charge in [-0.15, -0.1) is 0 Å². The van der Waals surface area contributed by atoms with Gasteiger partial charge in [0, 0.05) is 25.7 Å². The van der Waals surface area contributed by atoms with Gasteiger partial charge in [-0.1, -0.05) is 12.1 Å². The number of aromatic nitrogens is 2. The predicted molar refractivity (Wildman–Crippen MR) is 84.3 cm³/mol. The highest BCUT2D eigenvalue weighted by Crippen LogP contribution is 2.37. The minimum atomic E-state index is 0.756. The van der Waals surface area contributed by atoms with Gasteiger partial charge in [-0.25, -0.2) is 0 Å². The first-order valence-electron chi connectivity index (χ1n) is 7.39. The van der Waals surface area contributed by atoms with Gasteiger partial charge in [0.1, 0.15) is 11.6 Å². The number of anilines is 2. The third-order valence-corrected chi connectivity index (χ3v) is 3.86. The molecule has 112 valence electrons. The summed E-state index contributed by atoms with van der Waals surface area (Å²) in [7, 11) is 3.98. The quantitative estimate of drug-likeness (QED) is 0.940. The van der Waals surface area contributed by atoms with Gasteiger partial charge in [-0.3, -0.25) is 4.68 Å². The average molecular weight is 286 g/mol. The van der Waals surface area contributed by atoms with E-state index in [-0.39, 0.29) is 0 Å². The lowest BCUT2D eigenvalue weighted by Gasteiger charge is -2.25. The Balaban J connectivity index is 2.12. The molecule has 0 bridgehead atoms. The number of rotatable bonds is 3. The zero-order chi connectivity index (χ0) is 14.8. The Morgan fingerprint density at radius 1 is 1.33 bits per heavy atom. The molecule has 0 radical (unpaired) electrons. The maximum Gasteiger partial charge on any atom is 0.142 e. The Bertz CT molecular complexity index is 635. The van der Waals surface area contributed by atoms with Crippen LogP contribution in [0.4, 0.5) is 11.5 Å². The van der Waals surface area contributed by atoms with Crippen molar-refractivity contribution in [2.75, 3.05) is 25.1 Å². The van der Waals surface area contributed by atoms with Crippen molar-refractivity contribution in [3.8, 4) is 5.75 Å². The van der Waals surface area contributed by atoms with Gasteiger partial charge in [0.25, 0.3) is 0 Å². The Morgan fingerprint density at radius 2 is 2.14 bits per heavy atom. The summed E-state index contributed by atoms with van der Waals surface area (Å²) in [6, 6.07) is 8.23. The van der Waals surface area contributed by atoms with Crippen molar-refractivity contribution >= 4 is 11.5 Å². The zero-order valence-electron chi connectivity index (χ0n) is 12.9. The van der Waals surface area contributed by atoms with Crippen LogP contribution in [-0.4, -0.2) is 30.0 Å². The number of para-hydroxylation sites is 2. The lowest BCUT2D eigenvalue weighted by Crippen LogP contribution is -2.22. The molecule has 0 atom stereocenters. The summed E-state index contributed by atoms with van der Waals surface area (Å²) in [5.41, 5.74) is 3.44. The Kier molecular flexibility index (Phi) is 3.84. The number of aryl methyl sites for hydroxylation is 2. The van der Waals surface area contributed by atoms with Crippen LogP contribution in [0.3, 0.4) is 0 Å². The van der Waals surface area contributed by atoms with Crippen LogP contribution in [0.15, 0.2) is 24.3 Å². The van der Waals surface area contributed by atoms with Crippen LogP contribution in [0.25, 0.3) is 0 Å². The number of ether oxygens (including phenoxy) is 1. The fourth-order valence-corrected chi connectivity index (χ4v) is 2.96. The minimum Gasteiger partial charge on any atom is -0.491 e. The summed E-state index contributed by atoms with van der Waals surface area (Å²) in [6.07, 6.45) is 0.998. The second-order valence-electron chi connectivity index (χ2n) is 5.36. The minimum absolute atomic E-state index is 0.756. The van der Waals surface area contributed by atoms with Crippen molar-refractivity contribution in [3.63, 3.8) is 0 Å². The van der Waals surface area contributed by atoms with E-state index in [1.165, 1.54) is 5.56 Å². The molecule has 2 heterocycles. The normalized spacial score (nSPS) is 14.5. The van der Waals surface area contributed by atoms with Crippen molar-refractivity contribution in [3.05, 3.63) is 35.5 Å². The van der Waals surface area contributed by atoms with Gasteiger partial charge in [-0.2, -0.15) is 5.10 Å². The van der Waals surface area contributed by atoms with E-state index in [0.717, 1.165) is 49.1 Å². The van der Waals surface area contributed by atoms with Crippen LogP contribution in [0.1, 0.15) is 17.7 Å². The molecular formula is C16H22N4O. The molecule has 0 aliphatic carbocycles. The van der Waals surface area contributed by atoms with E-state index >= 15 is 0 Å². The van der Waals surface area contributed by atoms with E-state index in [1.807, 2.05) is 30.9 Å². The molecule has 0 saturated heterocycles. The summed E-state index contributed by atoms with van der Waals surface area (Å²) in [6.45, 7) is 4.57. The summed E-state index contributed by atoms with van der Waals surface area (Å²) < 4.78 is 7.84. The number of hydrogen-bond donors (Lipinski definition) is 1. The summed E-state index contributed by atoms with van der Waals surface area (Å²) in [5, 5.41) is 7.85. The molecule has 1 aliphatic rings. The molecular weight excluding hydrogens is 264 g/mol. The van der Waals surface area contributed by atoms with Crippen molar-refractivity contribution in [1.82, 2.24) is 15.1 Å². The molecule has 3 rings (SSSR count). The molecule has 0 fully saturated rings. The fraction of sp³-hybridized carbons (Fsp3) is 0.438. The topological polar surface area (TPSA) is 42.3 Å². The van der Waals surface area contributed by atoms with E-state index < -0.39 is 0 Å². The number of hydrogen-bond acceptors (Lipinski definition) is 4. The smallest absolute Gasteiger partial charge is 0.142 e. The van der Waals surface area contributed by atoms with Crippen LogP contribution >= 0.6 is 0 Å². The first-order chi connectivity index (χ1) is 10.2. The van der Waals surface area contributed by atoms with E-state index in [2.05, 4.69) is 34.4 Å². The number of nitrogens with zero attached hydrogens (tertiary/aromatic N) is 3. The van der Waals surface area contributed by atoms with E-state index in [9.17, 15) is 0 Å². The average Bonchev–Trinajstić information content (AvgIpc) is 2.66. The summed E-state index contributed by atoms with van der Waals surface area (Å²) in [5.74, 6) is 2.10. The van der Waals surface area contributed by atoms with Crippen LogP contribution < -0.4 is 15.0 Å². The van der Waals surface area contributed by atoms with Gasteiger partial charge >= 0.3 is 0 Å². The van der Waals surface area contributed by atoms with Crippen LogP contribution in [-0.2, 0) is 13.6 Å². The second-order valence-corrected chi connectivity index (χ2v) is 5.36. The molecule has 1 aromatic carbocycles. The molecule has 1 aromatic heterocycles. The number of fused-ring (bicyclic) bond motifs is 1. The van der Waals surface area contributed by atoms with Crippen molar-refractivity contribution in [2.45, 2.75) is 19.9 Å². The first kappa shape index (κ1) is 13.9. The number of benzene rings is 1. The number of nitrogens with one attached hydrogen (secondary N) is 1. The van der Waals surface area contributed by atoms with Gasteiger partial charge in [-0.05, 0) is 32.5 Å². The maximum atomic E-state index is 5.86. The lowest BCUT2D eigenvalue weighted by molar-refractivity contribution is 0.322. The molecule has 2 aromatic rings. The Labute approximate surface area is 125 Å². The molecule has 1 aliphatic heterocycles. The van der Waals surface area contributed by atoms with Gasteiger partial charge in [0.05, 0.1) is 18.0 Å². The van der Waals surface area contributed by atoms with Crippen molar-refractivity contribution in [2.24, 2.45) is 7.05 Å². The fourth-order valence-electron chi connectivity index (χ4n) is 2.96. The largest absolute Gasteiger partial charge is 0.491 e. The monoisotopic (exact) mass is 286 g/mol. The SMILES string of the molecule is CNCc1c(C)nn(C)c1N1CCCOc2ccccc21. The van der Waals surface area contributed by atoms with Crippen LogP contribution in [0.5, 0.6) is 5.75 Å². The molecule has 0 unspecified atom stereocenters. The summed E-state index contributed by atoms with van der Waals surface area (Å²) in [4.78, 5) is 2.33.